The van der Waals surface area contributed by atoms with Gasteiger partial charge in [0.2, 0.25) is 0 Å². The van der Waals surface area contributed by atoms with E-state index in [0.717, 1.165) is 21.4 Å². The number of carbonyl (C=O) groups excluding carboxylic acids is 1. The largest absolute Gasteiger partial charge is 0.304 e. The molecule has 4 aromatic rings. The molecule has 33 heavy (non-hydrogen) atoms. The summed E-state index contributed by atoms with van der Waals surface area (Å²) in [6.07, 6.45) is 1.66. The number of hydrogen-bond donors (Lipinski definition) is 1. The first-order valence-corrected chi connectivity index (χ1v) is 11.9. The van der Waals surface area contributed by atoms with Crippen LogP contribution in [0.15, 0.2) is 57.6 Å². The van der Waals surface area contributed by atoms with Gasteiger partial charge in [0.15, 0.2) is 5.82 Å². The molecule has 0 unspecified atom stereocenters. The van der Waals surface area contributed by atoms with E-state index >= 15 is 0 Å². The zero-order valence-electron chi connectivity index (χ0n) is 17.7. The van der Waals surface area contributed by atoms with Gasteiger partial charge in [-0.1, -0.05) is 29.8 Å². The van der Waals surface area contributed by atoms with Crippen molar-refractivity contribution in [1.82, 2.24) is 19.6 Å². The van der Waals surface area contributed by atoms with Crippen LogP contribution in [0.4, 0.5) is 10.2 Å². The summed E-state index contributed by atoms with van der Waals surface area (Å²) in [6, 6.07) is 11.9. The highest BCUT2D eigenvalue weighted by molar-refractivity contribution is 9.11. The van der Waals surface area contributed by atoms with Crippen molar-refractivity contribution in [3.8, 4) is 0 Å². The highest BCUT2D eigenvalue weighted by Crippen LogP contribution is 2.25. The van der Waals surface area contributed by atoms with Crippen LogP contribution in [0.25, 0.3) is 0 Å². The zero-order chi connectivity index (χ0) is 23.7. The lowest BCUT2D eigenvalue weighted by Crippen LogP contribution is -2.14. The van der Waals surface area contributed by atoms with Gasteiger partial charge in [0.25, 0.3) is 5.91 Å². The summed E-state index contributed by atoms with van der Waals surface area (Å²) in [6.45, 7) is 4.60. The minimum atomic E-state index is -0.411. The van der Waals surface area contributed by atoms with Crippen molar-refractivity contribution in [2.75, 3.05) is 5.32 Å². The van der Waals surface area contributed by atoms with Crippen molar-refractivity contribution in [3.05, 3.63) is 96.5 Å². The lowest BCUT2D eigenvalue weighted by atomic mass is 10.1. The Balaban J connectivity index is 1.50. The van der Waals surface area contributed by atoms with Gasteiger partial charge < -0.3 is 5.32 Å². The Labute approximate surface area is 212 Å². The second-order valence-electron chi connectivity index (χ2n) is 7.52. The average molecular weight is 596 g/mol. The van der Waals surface area contributed by atoms with Crippen molar-refractivity contribution >= 4 is 55.2 Å². The summed E-state index contributed by atoms with van der Waals surface area (Å²) in [5, 5.41) is 12.0. The molecule has 2 aromatic carbocycles. The van der Waals surface area contributed by atoms with Gasteiger partial charge in [0.05, 0.1) is 33.4 Å². The molecule has 0 bridgehead atoms. The van der Waals surface area contributed by atoms with E-state index in [1.807, 2.05) is 36.7 Å². The van der Waals surface area contributed by atoms with Crippen LogP contribution < -0.4 is 5.32 Å². The number of nitrogens with one attached hydrogen (secondary N) is 1. The van der Waals surface area contributed by atoms with Crippen LogP contribution in [0.2, 0.25) is 5.02 Å². The molecule has 4 rings (SSSR count). The molecule has 2 heterocycles. The molecule has 0 aliphatic carbocycles. The summed E-state index contributed by atoms with van der Waals surface area (Å²) in [7, 11) is 0. The maximum atomic E-state index is 14.1. The standard InChI is InChI=1S/C23H19Br2ClFN5O/c1-13-21(25)14(2)32(29-13)10-15-5-3-6-16(9-15)23(33)28-22-18(24)12-31(30-22)11-17-19(26)7-4-8-20(17)27/h3-9,12H,10-11H2,1-2H3,(H,28,30,33). The number of hydrogen-bond acceptors (Lipinski definition) is 3. The van der Waals surface area contributed by atoms with Crippen molar-refractivity contribution in [3.63, 3.8) is 0 Å². The predicted molar refractivity (Wildman–Crippen MR) is 133 cm³/mol. The number of amides is 1. The SMILES string of the molecule is Cc1nn(Cc2cccc(C(=O)Nc3nn(Cc4c(F)cccc4Cl)cc3Br)c2)c(C)c1Br. The van der Waals surface area contributed by atoms with E-state index in [4.69, 9.17) is 11.6 Å². The van der Waals surface area contributed by atoms with Crippen molar-refractivity contribution < 1.29 is 9.18 Å². The Bertz CT molecular complexity index is 1330. The summed E-state index contributed by atoms with van der Waals surface area (Å²) < 4.78 is 19.1. The van der Waals surface area contributed by atoms with E-state index in [-0.39, 0.29) is 12.5 Å². The minimum absolute atomic E-state index is 0.133. The Morgan fingerprint density at radius 1 is 1.12 bits per heavy atom. The lowest BCUT2D eigenvalue weighted by molar-refractivity contribution is 0.102. The molecule has 2 aromatic heterocycles. The van der Waals surface area contributed by atoms with Crippen LogP contribution in [-0.2, 0) is 13.1 Å². The van der Waals surface area contributed by atoms with Gasteiger partial charge in [-0.05, 0) is 75.5 Å². The van der Waals surface area contributed by atoms with Gasteiger partial charge in [-0.3, -0.25) is 14.2 Å². The third-order valence-electron chi connectivity index (χ3n) is 5.15. The topological polar surface area (TPSA) is 64.7 Å². The summed E-state index contributed by atoms with van der Waals surface area (Å²) >= 11 is 13.1. The Hall–Kier alpha value is -2.49. The molecule has 0 aliphatic heterocycles. The van der Waals surface area contributed by atoms with Crippen molar-refractivity contribution in [2.45, 2.75) is 26.9 Å². The van der Waals surface area contributed by atoms with E-state index in [1.54, 1.807) is 24.4 Å². The fourth-order valence-electron chi connectivity index (χ4n) is 3.40. The Morgan fingerprint density at radius 2 is 1.88 bits per heavy atom. The van der Waals surface area contributed by atoms with E-state index < -0.39 is 5.82 Å². The highest BCUT2D eigenvalue weighted by atomic mass is 79.9. The quantitative estimate of drug-likeness (QED) is 0.282. The molecule has 170 valence electrons. The van der Waals surface area contributed by atoms with Gasteiger partial charge in [0, 0.05) is 22.3 Å². The molecule has 10 heteroatoms. The third kappa shape index (κ3) is 5.20. The summed E-state index contributed by atoms with van der Waals surface area (Å²) in [4.78, 5) is 12.9. The number of nitrogens with zero attached hydrogens (tertiary/aromatic N) is 4. The monoisotopic (exact) mass is 593 g/mol. The van der Waals surface area contributed by atoms with Gasteiger partial charge in [-0.15, -0.1) is 0 Å². The van der Waals surface area contributed by atoms with E-state index in [0.29, 0.717) is 33.0 Å². The normalized spacial score (nSPS) is 11.1. The molecule has 1 amide bonds. The average Bonchev–Trinajstić information content (AvgIpc) is 3.24. The number of benzene rings is 2. The number of aryl methyl sites for hydroxylation is 1. The second kappa shape index (κ2) is 9.79. The minimum Gasteiger partial charge on any atom is -0.304 e. The van der Waals surface area contributed by atoms with Crippen LogP contribution in [0.5, 0.6) is 0 Å². The Morgan fingerprint density at radius 3 is 2.58 bits per heavy atom. The highest BCUT2D eigenvalue weighted by Gasteiger charge is 2.15. The van der Waals surface area contributed by atoms with Gasteiger partial charge in [-0.25, -0.2) is 4.39 Å². The molecule has 0 aliphatic rings. The zero-order valence-corrected chi connectivity index (χ0v) is 21.7. The van der Waals surface area contributed by atoms with E-state index in [2.05, 4.69) is 47.4 Å². The van der Waals surface area contributed by atoms with Gasteiger partial charge in [0.1, 0.15) is 5.82 Å². The first-order valence-electron chi connectivity index (χ1n) is 9.98. The molecule has 0 saturated carbocycles. The van der Waals surface area contributed by atoms with Crippen LogP contribution in [0.3, 0.4) is 0 Å². The first-order chi connectivity index (χ1) is 15.7. The van der Waals surface area contributed by atoms with Crippen LogP contribution in [0.1, 0.15) is 32.9 Å². The fourth-order valence-corrected chi connectivity index (χ4v) is 4.32. The van der Waals surface area contributed by atoms with Crippen LogP contribution in [0, 0.1) is 19.7 Å². The third-order valence-corrected chi connectivity index (χ3v) is 7.23. The van der Waals surface area contributed by atoms with Crippen LogP contribution >= 0.6 is 43.5 Å². The maximum absolute atomic E-state index is 14.1. The molecular weight excluding hydrogens is 577 g/mol. The second-order valence-corrected chi connectivity index (χ2v) is 9.57. The summed E-state index contributed by atoms with van der Waals surface area (Å²) in [5.41, 5.74) is 3.70. The molecule has 6 nitrogen and oxygen atoms in total. The summed E-state index contributed by atoms with van der Waals surface area (Å²) in [5.74, 6) is -0.382. The first kappa shape index (κ1) is 23.7. The number of rotatable bonds is 6. The molecular formula is C23H19Br2ClFN5O. The fraction of sp³-hybridized carbons (Fsp3) is 0.174. The van der Waals surface area contributed by atoms with E-state index in [1.165, 1.54) is 10.7 Å². The van der Waals surface area contributed by atoms with Crippen molar-refractivity contribution in [2.24, 2.45) is 0 Å². The smallest absolute Gasteiger partial charge is 0.256 e. The number of carbonyl (C=O) groups is 1. The van der Waals surface area contributed by atoms with Crippen molar-refractivity contribution in [1.29, 1.82) is 0 Å². The Kier molecular flexibility index (Phi) is 7.02. The van der Waals surface area contributed by atoms with Crippen LogP contribution in [-0.4, -0.2) is 25.5 Å². The number of halogens is 4. The predicted octanol–water partition coefficient (Wildman–Crippen LogP) is 6.36. The molecule has 1 N–H and O–H groups in total. The number of aromatic nitrogens is 4. The molecule has 0 saturated heterocycles. The van der Waals surface area contributed by atoms with E-state index in [9.17, 15) is 9.18 Å². The number of anilines is 1. The lowest BCUT2D eigenvalue weighted by Gasteiger charge is -2.08. The molecule has 0 fully saturated rings. The molecule has 0 atom stereocenters. The molecule has 0 radical (unpaired) electrons. The maximum Gasteiger partial charge on any atom is 0.256 e. The molecule has 0 spiro atoms. The van der Waals surface area contributed by atoms with Gasteiger partial charge in [-0.2, -0.15) is 10.2 Å². The van der Waals surface area contributed by atoms with Gasteiger partial charge >= 0.3 is 0 Å².